The van der Waals surface area contributed by atoms with Crippen LogP contribution in [0.25, 0.3) is 22.4 Å². The molecule has 4 atom stereocenters. The lowest BCUT2D eigenvalue weighted by Gasteiger charge is -2.27. The van der Waals surface area contributed by atoms with Gasteiger partial charge in [0.15, 0.2) is 0 Å². The fourth-order valence-electron chi connectivity index (χ4n) is 6.57. The first-order valence-corrected chi connectivity index (χ1v) is 17.2. The third-order valence-electron chi connectivity index (χ3n) is 9.36. The summed E-state index contributed by atoms with van der Waals surface area (Å²) in [4.78, 5) is 74.3. The summed E-state index contributed by atoms with van der Waals surface area (Å²) in [6, 6.07) is 13.7. The predicted molar refractivity (Wildman–Crippen MR) is 195 cm³/mol. The van der Waals surface area contributed by atoms with E-state index in [4.69, 9.17) is 4.74 Å². The molecular formula is C38H45N7O7. The lowest BCUT2D eigenvalue weighted by atomic mass is 10.0. The Labute approximate surface area is 302 Å². The van der Waals surface area contributed by atoms with Crippen molar-refractivity contribution in [3.63, 3.8) is 0 Å². The number of benzene rings is 2. The highest BCUT2D eigenvalue weighted by atomic mass is 16.5. The highest BCUT2D eigenvalue weighted by Crippen LogP contribution is 2.33. The maximum absolute atomic E-state index is 13.4. The van der Waals surface area contributed by atoms with Crippen molar-refractivity contribution >= 4 is 35.6 Å². The number of alkyl carbamates (subject to hydrolysis) is 2. The largest absolute Gasteiger partial charge is 0.453 e. The molecule has 4 N–H and O–H groups in total. The Morgan fingerprint density at radius 1 is 0.846 bits per heavy atom. The molecule has 2 aromatic carbocycles. The number of aromatic nitrogens is 2. The standard InChI is InChI=1S/C38H45N7O7/c1-5-8-29(42-37(49)51-3)35(47)44-21-19-27(23-44)34(46)40-28-17-15-25(16-18-28)24-11-13-26(14-12-24)31-22-39-33(41-31)32-10-7-20-45(32)36(48)30(9-6-2)43-38(50)52-4/h5-6,11-18,22,27,29-30,32H,1-2,7-10,19-21,23H2,3-4H3,(H,39,41)(H,40,46)(H,42,49)(H,43,50)/t27-,29-,30+,32+/m1/s1. The number of likely N-dealkylation sites (tertiary alicyclic amines) is 2. The van der Waals surface area contributed by atoms with Crippen LogP contribution in [-0.4, -0.2) is 95.6 Å². The molecule has 5 amide bonds. The fraction of sp³-hybridized carbons (Fsp3) is 0.368. The monoisotopic (exact) mass is 711 g/mol. The van der Waals surface area contributed by atoms with E-state index in [9.17, 15) is 24.0 Å². The van der Waals surface area contributed by atoms with Gasteiger partial charge in [-0.3, -0.25) is 14.4 Å². The first-order valence-electron chi connectivity index (χ1n) is 17.2. The molecule has 3 aromatic rings. The van der Waals surface area contributed by atoms with Crippen molar-refractivity contribution in [1.29, 1.82) is 0 Å². The van der Waals surface area contributed by atoms with Gasteiger partial charge < -0.3 is 40.2 Å². The maximum Gasteiger partial charge on any atom is 0.407 e. The number of rotatable bonds is 13. The van der Waals surface area contributed by atoms with Crippen molar-refractivity contribution in [2.75, 3.05) is 39.2 Å². The number of amides is 5. The number of imidazole rings is 1. The minimum absolute atomic E-state index is 0.174. The summed E-state index contributed by atoms with van der Waals surface area (Å²) in [7, 11) is 2.49. The van der Waals surface area contributed by atoms with Gasteiger partial charge in [-0.1, -0.05) is 48.6 Å². The van der Waals surface area contributed by atoms with Crippen LogP contribution in [0.15, 0.2) is 80.0 Å². The molecule has 2 fully saturated rings. The molecule has 2 saturated heterocycles. The quantitative estimate of drug-likeness (QED) is 0.183. The van der Waals surface area contributed by atoms with E-state index in [1.54, 1.807) is 28.1 Å². The van der Waals surface area contributed by atoms with E-state index >= 15 is 0 Å². The molecule has 14 heteroatoms. The molecule has 0 bridgehead atoms. The van der Waals surface area contributed by atoms with Gasteiger partial charge in [-0.2, -0.15) is 0 Å². The van der Waals surface area contributed by atoms with Crippen molar-refractivity contribution in [2.45, 2.75) is 50.2 Å². The molecule has 0 aliphatic carbocycles. The summed E-state index contributed by atoms with van der Waals surface area (Å²) in [6.45, 7) is 8.59. The van der Waals surface area contributed by atoms with Gasteiger partial charge in [0, 0.05) is 25.3 Å². The normalized spacial score (nSPS) is 17.8. The van der Waals surface area contributed by atoms with Crippen molar-refractivity contribution in [1.82, 2.24) is 30.4 Å². The molecule has 2 aliphatic heterocycles. The first kappa shape index (κ1) is 37.3. The summed E-state index contributed by atoms with van der Waals surface area (Å²) in [5, 5.41) is 8.10. The zero-order valence-electron chi connectivity index (χ0n) is 29.4. The molecule has 14 nitrogen and oxygen atoms in total. The summed E-state index contributed by atoms with van der Waals surface area (Å²) >= 11 is 0. The summed E-state index contributed by atoms with van der Waals surface area (Å²) in [5.74, 6) is -0.354. The molecule has 2 aliphatic rings. The number of carbonyl (C=O) groups excluding carboxylic acids is 5. The predicted octanol–water partition coefficient (Wildman–Crippen LogP) is 4.80. The Morgan fingerprint density at radius 2 is 1.42 bits per heavy atom. The average Bonchev–Trinajstić information content (AvgIpc) is 3.96. The van der Waals surface area contributed by atoms with E-state index < -0.39 is 24.3 Å². The molecule has 3 heterocycles. The van der Waals surface area contributed by atoms with Gasteiger partial charge >= 0.3 is 12.2 Å². The van der Waals surface area contributed by atoms with E-state index in [2.05, 4.69) is 43.8 Å². The van der Waals surface area contributed by atoms with Crippen LogP contribution in [0.4, 0.5) is 15.3 Å². The third-order valence-corrected chi connectivity index (χ3v) is 9.36. The molecular weight excluding hydrogens is 666 g/mol. The molecule has 52 heavy (non-hydrogen) atoms. The number of ether oxygens (including phenoxy) is 2. The van der Waals surface area contributed by atoms with E-state index in [1.165, 1.54) is 14.2 Å². The number of hydrogen-bond acceptors (Lipinski definition) is 8. The van der Waals surface area contributed by atoms with Crippen LogP contribution in [-0.2, 0) is 23.9 Å². The Balaban J connectivity index is 1.17. The molecule has 274 valence electrons. The smallest absolute Gasteiger partial charge is 0.407 e. The Kier molecular flexibility index (Phi) is 12.4. The molecule has 0 unspecified atom stereocenters. The minimum Gasteiger partial charge on any atom is -0.453 e. The third kappa shape index (κ3) is 8.86. The number of hydrogen-bond donors (Lipinski definition) is 4. The van der Waals surface area contributed by atoms with Gasteiger partial charge in [0.1, 0.15) is 17.9 Å². The number of nitrogens with zero attached hydrogens (tertiary/aromatic N) is 3. The average molecular weight is 712 g/mol. The number of aromatic amines is 1. The molecule has 1 aromatic heterocycles. The van der Waals surface area contributed by atoms with E-state index in [-0.39, 0.29) is 49.1 Å². The van der Waals surface area contributed by atoms with Crippen molar-refractivity contribution in [3.05, 3.63) is 85.9 Å². The van der Waals surface area contributed by atoms with Crippen molar-refractivity contribution in [3.8, 4) is 22.4 Å². The molecule has 5 rings (SSSR count). The number of H-pyrrole nitrogens is 1. The lowest BCUT2D eigenvalue weighted by Crippen LogP contribution is -2.48. The lowest BCUT2D eigenvalue weighted by molar-refractivity contribution is -0.134. The van der Waals surface area contributed by atoms with Crippen molar-refractivity contribution < 1.29 is 33.4 Å². The van der Waals surface area contributed by atoms with Gasteiger partial charge in [-0.25, -0.2) is 14.6 Å². The second-order valence-electron chi connectivity index (χ2n) is 12.7. The molecule has 0 spiro atoms. The van der Waals surface area contributed by atoms with Crippen LogP contribution in [0, 0.1) is 5.92 Å². The van der Waals surface area contributed by atoms with E-state index in [0.717, 1.165) is 35.2 Å². The van der Waals surface area contributed by atoms with Gasteiger partial charge in [0.25, 0.3) is 0 Å². The van der Waals surface area contributed by atoms with Gasteiger partial charge in [0.2, 0.25) is 17.7 Å². The fourth-order valence-corrected chi connectivity index (χ4v) is 6.57. The molecule has 0 radical (unpaired) electrons. The van der Waals surface area contributed by atoms with E-state index in [0.29, 0.717) is 31.0 Å². The van der Waals surface area contributed by atoms with Crippen molar-refractivity contribution in [2.24, 2.45) is 5.92 Å². The Hall–Kier alpha value is -5.92. The van der Waals surface area contributed by atoms with Crippen LogP contribution in [0.1, 0.15) is 44.0 Å². The Morgan fingerprint density at radius 3 is 2.02 bits per heavy atom. The van der Waals surface area contributed by atoms with Crippen LogP contribution >= 0.6 is 0 Å². The maximum atomic E-state index is 13.4. The highest BCUT2D eigenvalue weighted by molar-refractivity contribution is 5.94. The highest BCUT2D eigenvalue weighted by Gasteiger charge is 2.36. The van der Waals surface area contributed by atoms with E-state index in [1.807, 2.05) is 48.5 Å². The first-order chi connectivity index (χ1) is 25.1. The number of methoxy groups -OCH3 is 2. The SMILES string of the molecule is C=CC[C@H](NC(=O)OC)C(=O)N1CCC[C@H]1c1ncc(-c2ccc(-c3ccc(NC(=O)[C@@H]4CCN(C(=O)[C@@H](CC=C)NC(=O)OC)C4)cc3)cc2)[nH]1. The van der Waals surface area contributed by atoms with Crippen LogP contribution in [0.5, 0.6) is 0 Å². The topological polar surface area (TPSA) is 175 Å². The Bertz CT molecular complexity index is 1770. The summed E-state index contributed by atoms with van der Waals surface area (Å²) < 4.78 is 9.32. The second-order valence-corrected chi connectivity index (χ2v) is 12.7. The number of anilines is 1. The minimum atomic E-state index is -0.801. The number of carbonyl (C=O) groups is 5. The van der Waals surface area contributed by atoms with Gasteiger partial charge in [0.05, 0.1) is 38.1 Å². The summed E-state index contributed by atoms with van der Waals surface area (Å²) in [6.07, 6.45) is 6.15. The second kappa shape index (κ2) is 17.3. The zero-order valence-corrected chi connectivity index (χ0v) is 29.4. The zero-order chi connectivity index (χ0) is 37.2. The van der Waals surface area contributed by atoms with Crippen LogP contribution in [0.3, 0.4) is 0 Å². The van der Waals surface area contributed by atoms with Gasteiger partial charge in [-0.05, 0) is 60.9 Å². The van der Waals surface area contributed by atoms with Crippen LogP contribution < -0.4 is 16.0 Å². The van der Waals surface area contributed by atoms with Crippen LogP contribution in [0.2, 0.25) is 0 Å². The number of nitrogens with one attached hydrogen (secondary N) is 4. The van der Waals surface area contributed by atoms with Gasteiger partial charge in [-0.15, -0.1) is 13.2 Å². The summed E-state index contributed by atoms with van der Waals surface area (Å²) in [5.41, 5.74) is 4.35. The molecule has 0 saturated carbocycles.